The topological polar surface area (TPSA) is 29.4 Å². The zero-order valence-electron chi connectivity index (χ0n) is 6.32. The number of rotatable bonds is 1. The van der Waals surface area contributed by atoms with E-state index in [0.29, 0.717) is 5.69 Å². The summed E-state index contributed by atoms with van der Waals surface area (Å²) in [5, 5.41) is 0. The van der Waals surface area contributed by atoms with Crippen LogP contribution in [0.3, 0.4) is 0 Å². The van der Waals surface area contributed by atoms with E-state index in [1.165, 1.54) is 12.9 Å². The molecule has 0 unspecified atom stereocenters. The first kappa shape index (κ1) is 9.66. The molecule has 0 aliphatic rings. The van der Waals surface area contributed by atoms with Crippen LogP contribution in [0.5, 0.6) is 0 Å². The molecule has 0 aromatic heterocycles. The van der Waals surface area contributed by atoms with Gasteiger partial charge in [0.15, 0.2) is 0 Å². The van der Waals surface area contributed by atoms with Crippen molar-refractivity contribution in [3.05, 3.63) is 30.3 Å². The lowest BCUT2D eigenvalue weighted by Crippen LogP contribution is -1.59. The number of carbonyl (C=O) groups excluding carboxylic acids is 1. The fourth-order valence-corrected chi connectivity index (χ4v) is 0.555. The Labute approximate surface area is 67.4 Å². The molecule has 0 saturated heterocycles. The Bertz CT molecular complexity index is 229. The zero-order valence-corrected chi connectivity index (χ0v) is 6.32. The molecule has 0 spiro atoms. The van der Waals surface area contributed by atoms with Gasteiger partial charge in [-0.05, 0) is 12.1 Å². The molecular formula is C8H8BNO. The van der Waals surface area contributed by atoms with E-state index in [0.717, 1.165) is 0 Å². The highest BCUT2D eigenvalue weighted by molar-refractivity contribution is 6.05. The smallest absolute Gasteiger partial charge is 0.211 e. The lowest BCUT2D eigenvalue weighted by atomic mass is 10.2. The number of benzene rings is 1. The van der Waals surface area contributed by atoms with E-state index in [2.05, 4.69) is 12.8 Å². The van der Waals surface area contributed by atoms with Crippen LogP contribution in [0.2, 0.25) is 6.82 Å². The van der Waals surface area contributed by atoms with E-state index in [1.807, 2.05) is 18.2 Å². The predicted molar refractivity (Wildman–Crippen MR) is 45.8 cm³/mol. The van der Waals surface area contributed by atoms with Gasteiger partial charge in [-0.2, -0.15) is 4.99 Å². The minimum Gasteiger partial charge on any atom is -0.211 e. The molecule has 0 bridgehead atoms. The molecule has 0 amide bonds. The third-order valence-corrected chi connectivity index (χ3v) is 0.931. The van der Waals surface area contributed by atoms with Crippen LogP contribution in [-0.4, -0.2) is 13.9 Å². The summed E-state index contributed by atoms with van der Waals surface area (Å²) in [6, 6.07) is 8.98. The van der Waals surface area contributed by atoms with Crippen LogP contribution in [0, 0.1) is 0 Å². The molecule has 1 aromatic carbocycles. The Morgan fingerprint density at radius 1 is 1.27 bits per heavy atom. The summed E-state index contributed by atoms with van der Waals surface area (Å²) >= 11 is 0. The van der Waals surface area contributed by atoms with Gasteiger partial charge in [0.1, 0.15) is 0 Å². The molecule has 11 heavy (non-hydrogen) atoms. The molecule has 1 rings (SSSR count). The van der Waals surface area contributed by atoms with Crippen LogP contribution < -0.4 is 0 Å². The zero-order chi connectivity index (χ0) is 8.53. The summed E-state index contributed by atoms with van der Waals surface area (Å²) in [6.45, 7) is 1.50. The number of isocyanates is 1. The lowest BCUT2D eigenvalue weighted by Gasteiger charge is -1.83. The van der Waals surface area contributed by atoms with E-state index in [4.69, 9.17) is 0 Å². The summed E-state index contributed by atoms with van der Waals surface area (Å²) in [4.78, 5) is 13.1. The third kappa shape index (κ3) is 4.12. The lowest BCUT2D eigenvalue weighted by molar-refractivity contribution is 0.565. The normalized spacial score (nSPS) is 7.00. The maximum Gasteiger partial charge on any atom is 0.240 e. The fraction of sp³-hybridized carbons (Fsp3) is 0.125. The van der Waals surface area contributed by atoms with Crippen molar-refractivity contribution in [2.45, 2.75) is 6.82 Å². The molecule has 0 aliphatic carbocycles. The fourth-order valence-electron chi connectivity index (χ4n) is 0.555. The van der Waals surface area contributed by atoms with Crippen LogP contribution in [0.25, 0.3) is 0 Å². The van der Waals surface area contributed by atoms with Gasteiger partial charge < -0.3 is 0 Å². The summed E-state index contributed by atoms with van der Waals surface area (Å²) in [6.07, 6.45) is 1.46. The van der Waals surface area contributed by atoms with Gasteiger partial charge in [0.25, 0.3) is 0 Å². The summed E-state index contributed by atoms with van der Waals surface area (Å²) in [7, 11) is 4.50. The minimum absolute atomic E-state index is 0.646. The highest BCUT2D eigenvalue weighted by Gasteiger charge is 1.79. The van der Waals surface area contributed by atoms with Crippen molar-refractivity contribution in [2.24, 2.45) is 4.99 Å². The molecule has 1 aromatic rings. The standard InChI is InChI=1S/C7H5NO.CH3B/c9-6-8-7-4-2-1-3-5-7;1-2/h1-5H;1H3. The molecule has 0 aliphatic heterocycles. The first-order chi connectivity index (χ1) is 5.43. The quantitative estimate of drug-likeness (QED) is 0.336. The predicted octanol–water partition coefficient (Wildman–Crippen LogP) is 1.86. The van der Waals surface area contributed by atoms with Crippen molar-refractivity contribution < 1.29 is 4.79 Å². The van der Waals surface area contributed by atoms with Gasteiger partial charge in [-0.25, -0.2) is 4.79 Å². The van der Waals surface area contributed by atoms with E-state index >= 15 is 0 Å². The molecule has 54 valence electrons. The maximum absolute atomic E-state index is 9.68. The number of hydrogen-bond acceptors (Lipinski definition) is 2. The van der Waals surface area contributed by atoms with Crippen molar-refractivity contribution >= 4 is 19.6 Å². The second kappa shape index (κ2) is 6.78. The summed E-state index contributed by atoms with van der Waals surface area (Å²) in [5.74, 6) is 0. The Kier molecular flexibility index (Phi) is 5.96. The number of para-hydroxylation sites is 1. The molecule has 0 fully saturated rings. The van der Waals surface area contributed by atoms with Gasteiger partial charge in [-0.15, -0.1) is 0 Å². The molecule has 0 heterocycles. The van der Waals surface area contributed by atoms with E-state index in [9.17, 15) is 4.79 Å². The van der Waals surface area contributed by atoms with Crippen molar-refractivity contribution in [1.29, 1.82) is 0 Å². The molecule has 0 N–H and O–H groups in total. The average molecular weight is 145 g/mol. The summed E-state index contributed by atoms with van der Waals surface area (Å²) < 4.78 is 0. The van der Waals surface area contributed by atoms with Crippen molar-refractivity contribution in [3.63, 3.8) is 0 Å². The van der Waals surface area contributed by atoms with Crippen LogP contribution in [0.4, 0.5) is 5.69 Å². The Hall–Kier alpha value is -1.34. The van der Waals surface area contributed by atoms with Gasteiger partial charge in [0.2, 0.25) is 6.08 Å². The Morgan fingerprint density at radius 2 is 1.82 bits per heavy atom. The highest BCUT2D eigenvalue weighted by atomic mass is 16.1. The molecule has 0 atom stereocenters. The molecule has 2 nitrogen and oxygen atoms in total. The van der Waals surface area contributed by atoms with Gasteiger partial charge in [0.05, 0.1) is 13.5 Å². The number of nitrogens with zero attached hydrogens (tertiary/aromatic N) is 1. The third-order valence-electron chi connectivity index (χ3n) is 0.931. The van der Waals surface area contributed by atoms with Crippen LogP contribution in [0.1, 0.15) is 0 Å². The second-order valence-electron chi connectivity index (χ2n) is 1.54. The largest absolute Gasteiger partial charge is 0.240 e. The average Bonchev–Trinajstić information content (AvgIpc) is 2.11. The molecule has 3 heteroatoms. The molecule has 0 saturated carbocycles. The number of aliphatic imine (C=N–C) groups is 1. The van der Waals surface area contributed by atoms with E-state index < -0.39 is 0 Å². The molecular weight excluding hydrogens is 137 g/mol. The summed E-state index contributed by atoms with van der Waals surface area (Å²) in [5.41, 5.74) is 0.646. The van der Waals surface area contributed by atoms with Crippen molar-refractivity contribution in [2.75, 3.05) is 0 Å². The molecule has 2 radical (unpaired) electrons. The van der Waals surface area contributed by atoms with Gasteiger partial charge in [-0.1, -0.05) is 25.0 Å². The first-order valence-electron chi connectivity index (χ1n) is 3.14. The van der Waals surface area contributed by atoms with Gasteiger partial charge in [0, 0.05) is 0 Å². The Balaban J connectivity index is 0.000000461. The van der Waals surface area contributed by atoms with Crippen LogP contribution >= 0.6 is 0 Å². The van der Waals surface area contributed by atoms with Gasteiger partial charge in [-0.3, -0.25) is 0 Å². The minimum atomic E-state index is 0.646. The maximum atomic E-state index is 9.68. The second-order valence-corrected chi connectivity index (χ2v) is 1.54. The highest BCUT2D eigenvalue weighted by Crippen LogP contribution is 2.06. The Morgan fingerprint density at radius 3 is 2.27 bits per heavy atom. The SMILES string of the molecule is O=C=Nc1ccccc1.[B]C. The number of hydrogen-bond donors (Lipinski definition) is 0. The van der Waals surface area contributed by atoms with Crippen molar-refractivity contribution in [1.82, 2.24) is 0 Å². The van der Waals surface area contributed by atoms with Crippen LogP contribution in [-0.2, 0) is 4.79 Å². The monoisotopic (exact) mass is 145 g/mol. The van der Waals surface area contributed by atoms with Crippen molar-refractivity contribution in [3.8, 4) is 0 Å². The van der Waals surface area contributed by atoms with E-state index in [-0.39, 0.29) is 0 Å². The van der Waals surface area contributed by atoms with E-state index in [1.54, 1.807) is 12.1 Å². The van der Waals surface area contributed by atoms with Gasteiger partial charge >= 0.3 is 0 Å². The van der Waals surface area contributed by atoms with Crippen LogP contribution in [0.15, 0.2) is 35.3 Å². The first-order valence-corrected chi connectivity index (χ1v) is 3.14.